The zero-order valence-corrected chi connectivity index (χ0v) is 14.9. The third-order valence-electron chi connectivity index (χ3n) is 4.47. The quantitative estimate of drug-likeness (QED) is 0.871. The zero-order chi connectivity index (χ0) is 18.4. The Morgan fingerprint density at radius 3 is 2.35 bits per heavy atom. The summed E-state index contributed by atoms with van der Waals surface area (Å²) in [6.07, 6.45) is 0.776. The van der Waals surface area contributed by atoms with Crippen LogP contribution in [0.25, 0.3) is 0 Å². The molecule has 0 aliphatic carbocycles. The number of nitrogens with zero attached hydrogens (tertiary/aromatic N) is 4. The minimum Gasteiger partial charge on any atom is -0.352 e. The summed E-state index contributed by atoms with van der Waals surface area (Å²) in [5.41, 5.74) is 1.49. The highest BCUT2D eigenvalue weighted by Crippen LogP contribution is 2.13. The third kappa shape index (κ3) is 4.56. The number of hydrogen-bond acceptors (Lipinski definition) is 5. The van der Waals surface area contributed by atoms with Gasteiger partial charge in [0, 0.05) is 39.6 Å². The lowest BCUT2D eigenvalue weighted by molar-refractivity contribution is -0.129. The topological polar surface area (TPSA) is 78.4 Å². The number of rotatable bonds is 5. The van der Waals surface area contributed by atoms with Crippen molar-refractivity contribution in [2.75, 3.05) is 37.6 Å². The van der Waals surface area contributed by atoms with Gasteiger partial charge in [-0.2, -0.15) is 0 Å². The van der Waals surface area contributed by atoms with Gasteiger partial charge < -0.3 is 15.1 Å². The Morgan fingerprint density at radius 1 is 1.00 bits per heavy atom. The van der Waals surface area contributed by atoms with Crippen LogP contribution in [0.3, 0.4) is 0 Å². The van der Waals surface area contributed by atoms with Gasteiger partial charge in [-0.25, -0.2) is 0 Å². The van der Waals surface area contributed by atoms with Gasteiger partial charge in [-0.3, -0.25) is 9.59 Å². The molecule has 2 aromatic rings. The lowest BCUT2D eigenvalue weighted by Gasteiger charge is -2.34. The van der Waals surface area contributed by atoms with Crippen molar-refractivity contribution in [3.05, 3.63) is 53.7 Å². The van der Waals surface area contributed by atoms with E-state index in [9.17, 15) is 9.59 Å². The first kappa shape index (κ1) is 17.8. The van der Waals surface area contributed by atoms with Crippen LogP contribution in [0.5, 0.6) is 0 Å². The van der Waals surface area contributed by atoms with Gasteiger partial charge in [-0.05, 0) is 24.1 Å². The SMILES string of the molecule is CC(=O)N1CCN(c2ccc(C(=O)NCCc3ccccc3)nn2)CC1. The minimum atomic E-state index is -0.221. The number of anilines is 1. The molecule has 0 atom stereocenters. The van der Waals surface area contributed by atoms with Crippen LogP contribution >= 0.6 is 0 Å². The van der Waals surface area contributed by atoms with Crippen molar-refractivity contribution in [2.24, 2.45) is 0 Å². The number of piperazine rings is 1. The Morgan fingerprint density at radius 2 is 1.73 bits per heavy atom. The van der Waals surface area contributed by atoms with E-state index in [2.05, 4.69) is 20.4 Å². The van der Waals surface area contributed by atoms with Crippen LogP contribution < -0.4 is 10.2 Å². The fourth-order valence-corrected chi connectivity index (χ4v) is 2.92. The van der Waals surface area contributed by atoms with Crippen LogP contribution in [0.4, 0.5) is 5.82 Å². The molecule has 1 fully saturated rings. The smallest absolute Gasteiger partial charge is 0.271 e. The van der Waals surface area contributed by atoms with Crippen LogP contribution in [0.15, 0.2) is 42.5 Å². The third-order valence-corrected chi connectivity index (χ3v) is 4.47. The number of aromatic nitrogens is 2. The molecule has 136 valence electrons. The van der Waals surface area contributed by atoms with E-state index < -0.39 is 0 Å². The molecule has 0 unspecified atom stereocenters. The van der Waals surface area contributed by atoms with Gasteiger partial charge in [0.15, 0.2) is 11.5 Å². The van der Waals surface area contributed by atoms with Crippen LogP contribution in [-0.4, -0.2) is 59.6 Å². The molecule has 0 spiro atoms. The maximum atomic E-state index is 12.2. The van der Waals surface area contributed by atoms with Crippen molar-refractivity contribution < 1.29 is 9.59 Å². The van der Waals surface area contributed by atoms with E-state index in [1.165, 1.54) is 5.56 Å². The number of amides is 2. The highest BCUT2D eigenvalue weighted by atomic mass is 16.2. The van der Waals surface area contributed by atoms with Crippen molar-refractivity contribution in [3.63, 3.8) is 0 Å². The molecule has 26 heavy (non-hydrogen) atoms. The molecular weight excluding hydrogens is 330 g/mol. The molecule has 7 heteroatoms. The summed E-state index contributed by atoms with van der Waals surface area (Å²) in [7, 11) is 0. The van der Waals surface area contributed by atoms with Gasteiger partial charge in [-0.15, -0.1) is 10.2 Å². The summed E-state index contributed by atoms with van der Waals surface area (Å²) in [6.45, 7) is 4.94. The molecule has 7 nitrogen and oxygen atoms in total. The second kappa shape index (κ2) is 8.42. The molecule has 2 amide bonds. The molecule has 0 saturated carbocycles. The van der Waals surface area contributed by atoms with Gasteiger partial charge in [0.1, 0.15) is 0 Å². The minimum absolute atomic E-state index is 0.0956. The van der Waals surface area contributed by atoms with E-state index in [1.54, 1.807) is 13.0 Å². The average molecular weight is 353 g/mol. The number of carbonyl (C=O) groups excluding carboxylic acids is 2. The van der Waals surface area contributed by atoms with Gasteiger partial charge in [0.25, 0.3) is 5.91 Å². The second-order valence-corrected chi connectivity index (χ2v) is 6.26. The van der Waals surface area contributed by atoms with E-state index >= 15 is 0 Å². The van der Waals surface area contributed by atoms with Crippen molar-refractivity contribution in [2.45, 2.75) is 13.3 Å². The monoisotopic (exact) mass is 353 g/mol. The molecule has 0 bridgehead atoms. The second-order valence-electron chi connectivity index (χ2n) is 6.26. The largest absolute Gasteiger partial charge is 0.352 e. The first-order valence-electron chi connectivity index (χ1n) is 8.80. The Bertz CT molecular complexity index is 740. The molecule has 1 aromatic heterocycles. The maximum Gasteiger partial charge on any atom is 0.271 e. The first-order chi connectivity index (χ1) is 12.6. The van der Waals surface area contributed by atoms with Crippen molar-refractivity contribution >= 4 is 17.6 Å². The van der Waals surface area contributed by atoms with Gasteiger partial charge >= 0.3 is 0 Å². The Kier molecular flexibility index (Phi) is 5.78. The summed E-state index contributed by atoms with van der Waals surface area (Å²) in [6, 6.07) is 13.5. The van der Waals surface area contributed by atoms with E-state index in [1.807, 2.05) is 41.3 Å². The standard InChI is InChI=1S/C19H23N5O2/c1-15(25)23-11-13-24(14-12-23)18-8-7-17(21-22-18)19(26)20-10-9-16-5-3-2-4-6-16/h2-8H,9-14H2,1H3,(H,20,26). The Hall–Kier alpha value is -2.96. The summed E-state index contributed by atoms with van der Waals surface area (Å²) >= 11 is 0. The summed E-state index contributed by atoms with van der Waals surface area (Å²) in [5.74, 6) is 0.605. The van der Waals surface area contributed by atoms with Crippen LogP contribution in [0.2, 0.25) is 0 Å². The molecule has 0 radical (unpaired) electrons. The van der Waals surface area contributed by atoms with Crippen LogP contribution in [-0.2, 0) is 11.2 Å². The van der Waals surface area contributed by atoms with Gasteiger partial charge in [0.05, 0.1) is 0 Å². The fraction of sp³-hybridized carbons (Fsp3) is 0.368. The molecular formula is C19H23N5O2. The number of hydrogen-bond donors (Lipinski definition) is 1. The van der Waals surface area contributed by atoms with Crippen molar-refractivity contribution in [1.82, 2.24) is 20.4 Å². The normalized spacial score (nSPS) is 14.2. The average Bonchev–Trinajstić information content (AvgIpc) is 2.69. The maximum absolute atomic E-state index is 12.2. The van der Waals surface area contributed by atoms with Crippen LogP contribution in [0, 0.1) is 0 Å². The highest BCUT2D eigenvalue weighted by molar-refractivity contribution is 5.92. The molecule has 1 N–H and O–H groups in total. The Labute approximate surface area is 153 Å². The van der Waals surface area contributed by atoms with E-state index in [0.29, 0.717) is 25.3 Å². The predicted octanol–water partition coefficient (Wildman–Crippen LogP) is 1.12. The zero-order valence-electron chi connectivity index (χ0n) is 14.9. The molecule has 1 aliphatic heterocycles. The number of nitrogens with one attached hydrogen (secondary N) is 1. The number of benzene rings is 1. The summed E-state index contributed by atoms with van der Waals surface area (Å²) in [5, 5.41) is 11.1. The van der Waals surface area contributed by atoms with Crippen LogP contribution in [0.1, 0.15) is 23.0 Å². The van der Waals surface area contributed by atoms with Crippen molar-refractivity contribution in [1.29, 1.82) is 0 Å². The van der Waals surface area contributed by atoms with Crippen molar-refractivity contribution in [3.8, 4) is 0 Å². The molecule has 1 aliphatic rings. The highest BCUT2D eigenvalue weighted by Gasteiger charge is 2.20. The van der Waals surface area contributed by atoms with Gasteiger partial charge in [-0.1, -0.05) is 30.3 Å². The predicted molar refractivity (Wildman–Crippen MR) is 99.0 cm³/mol. The molecule has 1 saturated heterocycles. The van der Waals surface area contributed by atoms with Gasteiger partial charge in [0.2, 0.25) is 5.91 Å². The lowest BCUT2D eigenvalue weighted by Crippen LogP contribution is -2.48. The lowest BCUT2D eigenvalue weighted by atomic mass is 10.1. The molecule has 3 rings (SSSR count). The van der Waals surface area contributed by atoms with E-state index in [0.717, 1.165) is 25.3 Å². The first-order valence-corrected chi connectivity index (χ1v) is 8.80. The summed E-state index contributed by atoms with van der Waals surface area (Å²) < 4.78 is 0. The number of carbonyl (C=O) groups is 2. The fourth-order valence-electron chi connectivity index (χ4n) is 2.92. The van der Waals surface area contributed by atoms with E-state index in [-0.39, 0.29) is 11.8 Å². The Balaban J connectivity index is 1.49. The molecule has 1 aromatic carbocycles. The summed E-state index contributed by atoms with van der Waals surface area (Å²) in [4.78, 5) is 27.4. The molecule has 2 heterocycles. The van der Waals surface area contributed by atoms with E-state index in [4.69, 9.17) is 0 Å².